The molecule has 0 saturated heterocycles. The highest BCUT2D eigenvalue weighted by Gasteiger charge is 2.29. The lowest BCUT2D eigenvalue weighted by molar-refractivity contribution is 0.138. The summed E-state index contributed by atoms with van der Waals surface area (Å²) < 4.78 is 25.1. The molecule has 1 atom stereocenters. The van der Waals surface area contributed by atoms with Gasteiger partial charge < -0.3 is 4.90 Å². The van der Waals surface area contributed by atoms with E-state index in [1.165, 1.54) is 27.9 Å². The molecule has 0 N–H and O–H groups in total. The lowest BCUT2D eigenvalue weighted by atomic mass is 9.97. The van der Waals surface area contributed by atoms with Gasteiger partial charge in [0.1, 0.15) is 0 Å². The number of halogens is 2. The zero-order valence-electron chi connectivity index (χ0n) is 18.8. The Morgan fingerprint density at radius 3 is 2.52 bits per heavy atom. The molecule has 0 amide bonds. The monoisotopic (exact) mass is 399 g/mol. The zero-order chi connectivity index (χ0) is 21.7. The fourth-order valence-electron chi connectivity index (χ4n) is 3.96. The molecular formula is C26H35F2N. The number of aryl methyl sites for hydroxylation is 2. The molecule has 0 radical (unpaired) electrons. The molecule has 0 aliphatic carbocycles. The Kier molecular flexibility index (Phi) is 8.01. The predicted octanol–water partition coefficient (Wildman–Crippen LogP) is 7.70. The molecule has 1 aromatic rings. The highest BCUT2D eigenvalue weighted by atomic mass is 19.3. The standard InChI is InChI=1S/C26H35F2N/c1-8-10-24-21(7)29(16-25(24)19(5)17(3)9-2)20(6)23-12-11-22(18(4)15-23)13-14-26(27)28/h8,10-12,15,20,26H,7,9,13-14,16H2,1-6H3/b10-8-,19-17+. The molecule has 0 saturated carbocycles. The van der Waals surface area contributed by atoms with Crippen molar-refractivity contribution in [2.45, 2.75) is 73.3 Å². The van der Waals surface area contributed by atoms with Gasteiger partial charge in [-0.05, 0) is 75.3 Å². The summed E-state index contributed by atoms with van der Waals surface area (Å²) in [7, 11) is 0. The molecule has 1 nitrogen and oxygen atoms in total. The summed E-state index contributed by atoms with van der Waals surface area (Å²) >= 11 is 0. The molecule has 158 valence electrons. The van der Waals surface area contributed by atoms with Crippen LogP contribution in [0.25, 0.3) is 0 Å². The van der Waals surface area contributed by atoms with Crippen LogP contribution in [0.4, 0.5) is 8.78 Å². The van der Waals surface area contributed by atoms with Crippen molar-refractivity contribution in [3.63, 3.8) is 0 Å². The van der Waals surface area contributed by atoms with Crippen LogP contribution in [0.15, 0.2) is 64.9 Å². The maximum absolute atomic E-state index is 12.6. The number of rotatable bonds is 8. The van der Waals surface area contributed by atoms with Gasteiger partial charge in [0, 0.05) is 24.2 Å². The maximum atomic E-state index is 12.6. The van der Waals surface area contributed by atoms with Crippen LogP contribution in [0, 0.1) is 6.92 Å². The smallest absolute Gasteiger partial charge is 0.239 e. The van der Waals surface area contributed by atoms with E-state index in [1.54, 1.807) is 0 Å². The molecule has 0 fully saturated rings. The number of hydrogen-bond acceptors (Lipinski definition) is 1. The molecule has 1 aromatic carbocycles. The van der Waals surface area contributed by atoms with Crippen molar-refractivity contribution in [3.8, 4) is 0 Å². The molecule has 0 bridgehead atoms. The van der Waals surface area contributed by atoms with E-state index in [0.29, 0.717) is 6.42 Å². The minimum Gasteiger partial charge on any atom is -0.360 e. The first-order valence-electron chi connectivity index (χ1n) is 10.6. The maximum Gasteiger partial charge on any atom is 0.239 e. The van der Waals surface area contributed by atoms with Crippen molar-refractivity contribution in [2.24, 2.45) is 0 Å². The Labute approximate surface area is 175 Å². The van der Waals surface area contributed by atoms with Crippen molar-refractivity contribution in [1.29, 1.82) is 0 Å². The zero-order valence-corrected chi connectivity index (χ0v) is 18.8. The lowest BCUT2D eigenvalue weighted by Gasteiger charge is -2.29. The Hall–Kier alpha value is -2.16. The predicted molar refractivity (Wildman–Crippen MR) is 120 cm³/mol. The van der Waals surface area contributed by atoms with Crippen LogP contribution in [0.5, 0.6) is 0 Å². The Morgan fingerprint density at radius 2 is 1.97 bits per heavy atom. The molecule has 0 aromatic heterocycles. The highest BCUT2D eigenvalue weighted by Crippen LogP contribution is 2.39. The molecule has 1 unspecified atom stereocenters. The molecule has 1 aliphatic heterocycles. The summed E-state index contributed by atoms with van der Waals surface area (Å²) in [6.07, 6.45) is 3.37. The third-order valence-corrected chi connectivity index (χ3v) is 6.22. The molecule has 0 spiro atoms. The Balaban J connectivity index is 2.29. The van der Waals surface area contributed by atoms with E-state index in [9.17, 15) is 8.78 Å². The van der Waals surface area contributed by atoms with Crippen LogP contribution in [-0.2, 0) is 6.42 Å². The number of hydrogen-bond donors (Lipinski definition) is 0. The third kappa shape index (κ3) is 5.26. The van der Waals surface area contributed by atoms with E-state index < -0.39 is 6.43 Å². The number of nitrogens with zero attached hydrogens (tertiary/aromatic N) is 1. The summed E-state index contributed by atoms with van der Waals surface area (Å²) in [5.41, 5.74) is 9.66. The minimum atomic E-state index is -2.25. The van der Waals surface area contributed by atoms with E-state index in [2.05, 4.69) is 63.5 Å². The second-order valence-electron chi connectivity index (χ2n) is 8.02. The van der Waals surface area contributed by atoms with E-state index in [-0.39, 0.29) is 12.5 Å². The minimum absolute atomic E-state index is 0.0823. The summed E-state index contributed by atoms with van der Waals surface area (Å²) in [6.45, 7) is 18.1. The summed E-state index contributed by atoms with van der Waals surface area (Å²) in [5, 5.41) is 0. The van der Waals surface area contributed by atoms with Gasteiger partial charge in [0.2, 0.25) is 6.43 Å². The van der Waals surface area contributed by atoms with Gasteiger partial charge in [0.25, 0.3) is 0 Å². The van der Waals surface area contributed by atoms with Crippen molar-refractivity contribution < 1.29 is 8.78 Å². The van der Waals surface area contributed by atoms with Crippen molar-refractivity contribution in [1.82, 2.24) is 4.90 Å². The van der Waals surface area contributed by atoms with Crippen LogP contribution in [0.3, 0.4) is 0 Å². The van der Waals surface area contributed by atoms with E-state index >= 15 is 0 Å². The van der Waals surface area contributed by atoms with Crippen LogP contribution in [0.1, 0.15) is 70.2 Å². The molecular weight excluding hydrogens is 364 g/mol. The fourth-order valence-corrected chi connectivity index (χ4v) is 3.96. The molecule has 29 heavy (non-hydrogen) atoms. The summed E-state index contributed by atoms with van der Waals surface area (Å²) in [6, 6.07) is 6.40. The normalized spacial score (nSPS) is 17.0. The van der Waals surface area contributed by atoms with Gasteiger partial charge in [0.15, 0.2) is 0 Å². The van der Waals surface area contributed by atoms with E-state index in [1.807, 2.05) is 19.9 Å². The fraction of sp³-hybridized carbons (Fsp3) is 0.462. The summed E-state index contributed by atoms with van der Waals surface area (Å²) in [5.74, 6) is 0. The van der Waals surface area contributed by atoms with Gasteiger partial charge in [-0.1, -0.05) is 49.4 Å². The van der Waals surface area contributed by atoms with Crippen LogP contribution >= 0.6 is 0 Å². The Bertz CT molecular complexity index is 842. The van der Waals surface area contributed by atoms with E-state index in [0.717, 1.165) is 29.8 Å². The largest absolute Gasteiger partial charge is 0.360 e. The average molecular weight is 400 g/mol. The molecule has 2 rings (SSSR count). The van der Waals surface area contributed by atoms with Gasteiger partial charge in [-0.3, -0.25) is 0 Å². The van der Waals surface area contributed by atoms with Gasteiger partial charge in [-0.2, -0.15) is 0 Å². The second kappa shape index (κ2) is 10.0. The lowest BCUT2D eigenvalue weighted by Crippen LogP contribution is -2.24. The van der Waals surface area contributed by atoms with Gasteiger partial charge in [0.05, 0.1) is 6.04 Å². The van der Waals surface area contributed by atoms with Crippen molar-refractivity contribution in [3.05, 3.63) is 81.6 Å². The first kappa shape index (κ1) is 23.1. The van der Waals surface area contributed by atoms with Crippen LogP contribution in [-0.4, -0.2) is 17.9 Å². The molecule has 1 aliphatic rings. The van der Waals surface area contributed by atoms with Crippen LogP contribution in [0.2, 0.25) is 0 Å². The first-order chi connectivity index (χ1) is 13.7. The highest BCUT2D eigenvalue weighted by molar-refractivity contribution is 5.55. The average Bonchev–Trinajstić information content (AvgIpc) is 3.01. The number of benzene rings is 1. The summed E-state index contributed by atoms with van der Waals surface area (Å²) in [4.78, 5) is 2.35. The second-order valence-corrected chi connectivity index (χ2v) is 8.02. The third-order valence-electron chi connectivity index (χ3n) is 6.22. The molecule has 1 heterocycles. The van der Waals surface area contributed by atoms with Gasteiger partial charge in [-0.15, -0.1) is 0 Å². The van der Waals surface area contributed by atoms with E-state index in [4.69, 9.17) is 0 Å². The van der Waals surface area contributed by atoms with Gasteiger partial charge >= 0.3 is 0 Å². The number of alkyl halides is 2. The quantitative estimate of drug-likeness (QED) is 0.433. The van der Waals surface area contributed by atoms with Gasteiger partial charge in [-0.25, -0.2) is 8.78 Å². The van der Waals surface area contributed by atoms with Crippen LogP contribution < -0.4 is 0 Å². The Morgan fingerprint density at radius 1 is 1.28 bits per heavy atom. The van der Waals surface area contributed by atoms with Crippen molar-refractivity contribution in [2.75, 3.05) is 6.54 Å². The topological polar surface area (TPSA) is 3.24 Å². The van der Waals surface area contributed by atoms with Crippen molar-refractivity contribution >= 4 is 0 Å². The number of allylic oxidation sites excluding steroid dienone is 3. The first-order valence-corrected chi connectivity index (χ1v) is 10.6. The molecule has 3 heteroatoms. The SMILES string of the molecule is C=C1C(/C=C\C)=C(C(/C)=C(\C)CC)CN1C(C)c1ccc(CCC(F)F)c(C)c1.